The van der Waals surface area contributed by atoms with Gasteiger partial charge in [-0.15, -0.1) is 11.3 Å². The number of hydrogen-bond donors (Lipinski definition) is 1. The summed E-state index contributed by atoms with van der Waals surface area (Å²) in [6, 6.07) is 1.99. The predicted molar refractivity (Wildman–Crippen MR) is 106 cm³/mol. The zero-order valence-electron chi connectivity index (χ0n) is 15.2. The van der Waals surface area contributed by atoms with Crippen molar-refractivity contribution >= 4 is 39.2 Å². The van der Waals surface area contributed by atoms with Crippen molar-refractivity contribution in [3.8, 4) is 6.07 Å². The predicted octanol–water partition coefficient (Wildman–Crippen LogP) is 2.11. The molecule has 0 saturated heterocycles. The van der Waals surface area contributed by atoms with Crippen molar-refractivity contribution < 1.29 is 9.53 Å². The lowest BCUT2D eigenvalue weighted by molar-refractivity contribution is -0.118. The van der Waals surface area contributed by atoms with E-state index in [0.717, 1.165) is 29.5 Å². The number of carbonyl (C=O) groups is 1. The van der Waals surface area contributed by atoms with Crippen LogP contribution in [0.15, 0.2) is 9.95 Å². The van der Waals surface area contributed by atoms with Crippen molar-refractivity contribution in [3.05, 3.63) is 20.8 Å². The van der Waals surface area contributed by atoms with Gasteiger partial charge in [0, 0.05) is 31.7 Å². The number of aryl methyl sites for hydroxylation is 2. The molecular weight excluding hydrogens is 384 g/mol. The number of nitriles is 1. The van der Waals surface area contributed by atoms with Crippen LogP contribution in [-0.4, -0.2) is 41.5 Å². The van der Waals surface area contributed by atoms with Crippen LogP contribution in [0, 0.1) is 11.3 Å². The van der Waals surface area contributed by atoms with Gasteiger partial charge in [-0.2, -0.15) is 5.26 Å². The normalized spacial score (nSPS) is 12.9. The molecule has 1 amide bonds. The highest BCUT2D eigenvalue weighted by atomic mass is 32.2. The Bertz CT molecular complexity index is 929. The number of nitrogens with zero attached hydrogens (tertiary/aromatic N) is 3. The fraction of sp³-hybridized carbons (Fsp3) is 0.556. The highest BCUT2D eigenvalue weighted by molar-refractivity contribution is 7.99. The van der Waals surface area contributed by atoms with Crippen LogP contribution in [-0.2, 0) is 28.9 Å². The summed E-state index contributed by atoms with van der Waals surface area (Å²) in [5, 5.41) is 12.6. The third-order valence-electron chi connectivity index (χ3n) is 4.41. The van der Waals surface area contributed by atoms with Crippen molar-refractivity contribution in [3.63, 3.8) is 0 Å². The summed E-state index contributed by atoms with van der Waals surface area (Å²) in [4.78, 5) is 31.9. The molecule has 3 rings (SSSR count). The van der Waals surface area contributed by atoms with Crippen LogP contribution in [0.25, 0.3) is 10.2 Å². The lowest BCUT2D eigenvalue weighted by atomic mass is 10.2. The first-order chi connectivity index (χ1) is 13.2. The van der Waals surface area contributed by atoms with Crippen LogP contribution in [0.5, 0.6) is 0 Å². The second kappa shape index (κ2) is 9.35. The van der Waals surface area contributed by atoms with Crippen LogP contribution < -0.4 is 10.9 Å². The summed E-state index contributed by atoms with van der Waals surface area (Å²) in [6.45, 7) is 1.41. The molecule has 1 aliphatic rings. The van der Waals surface area contributed by atoms with Crippen LogP contribution >= 0.6 is 23.1 Å². The number of thioether (sulfide) groups is 1. The molecule has 0 fully saturated rings. The standard InChI is InChI=1S/C18H22N4O3S2/c1-25-10-4-9-22-17(24)15-12-5-2-6-13(12)27-16(15)21-18(22)26-11-14(23)20-8-3-7-19/h2-6,8-11H2,1H3,(H,20,23). The molecule has 1 N–H and O–H groups in total. The van der Waals surface area contributed by atoms with Gasteiger partial charge < -0.3 is 10.1 Å². The maximum Gasteiger partial charge on any atom is 0.263 e. The van der Waals surface area contributed by atoms with Gasteiger partial charge in [-0.05, 0) is 31.2 Å². The third-order valence-corrected chi connectivity index (χ3v) is 6.57. The largest absolute Gasteiger partial charge is 0.385 e. The monoisotopic (exact) mass is 406 g/mol. The maximum atomic E-state index is 13.2. The molecular formula is C18H22N4O3S2. The average Bonchev–Trinajstić information content (AvgIpc) is 3.23. The number of rotatable bonds is 9. The Labute approximate surface area is 165 Å². The summed E-state index contributed by atoms with van der Waals surface area (Å²) in [7, 11) is 1.64. The molecule has 0 atom stereocenters. The quantitative estimate of drug-likeness (QED) is 0.389. The second-order valence-corrected chi connectivity index (χ2v) is 8.31. The number of hydrogen-bond acceptors (Lipinski definition) is 7. The van der Waals surface area contributed by atoms with Gasteiger partial charge in [0.2, 0.25) is 5.91 Å². The molecule has 0 saturated carbocycles. The van der Waals surface area contributed by atoms with Gasteiger partial charge in [-0.25, -0.2) is 4.98 Å². The number of thiophene rings is 1. The molecule has 2 heterocycles. The number of amides is 1. The molecule has 0 unspecified atom stereocenters. The van der Waals surface area contributed by atoms with E-state index in [0.29, 0.717) is 31.3 Å². The van der Waals surface area contributed by atoms with Gasteiger partial charge in [0.15, 0.2) is 5.16 Å². The summed E-state index contributed by atoms with van der Waals surface area (Å²) in [5.41, 5.74) is 1.15. The van der Waals surface area contributed by atoms with Crippen LogP contribution in [0.2, 0.25) is 0 Å². The van der Waals surface area contributed by atoms with Gasteiger partial charge in [0.1, 0.15) is 4.83 Å². The number of aromatic nitrogens is 2. The molecule has 0 aromatic carbocycles. The molecule has 144 valence electrons. The SMILES string of the molecule is COCCCn1c(SCC(=O)NCCC#N)nc2sc3c(c2c1=O)CCC3. The van der Waals surface area contributed by atoms with Crippen molar-refractivity contribution in [2.75, 3.05) is 26.0 Å². The number of ether oxygens (including phenoxy) is 1. The Kier molecular flexibility index (Phi) is 6.88. The smallest absolute Gasteiger partial charge is 0.263 e. The minimum atomic E-state index is -0.165. The molecule has 1 aliphatic carbocycles. The Hall–Kier alpha value is -1.89. The van der Waals surface area contributed by atoms with E-state index in [1.165, 1.54) is 22.2 Å². The molecule has 7 nitrogen and oxygen atoms in total. The molecule has 27 heavy (non-hydrogen) atoms. The number of nitrogens with one attached hydrogen (secondary N) is 1. The van der Waals surface area contributed by atoms with Crippen molar-refractivity contribution in [2.24, 2.45) is 0 Å². The van der Waals surface area contributed by atoms with Crippen molar-refractivity contribution in [1.82, 2.24) is 14.9 Å². The number of carbonyl (C=O) groups excluding carboxylic acids is 1. The molecule has 2 aromatic rings. The van der Waals surface area contributed by atoms with E-state index in [9.17, 15) is 9.59 Å². The minimum Gasteiger partial charge on any atom is -0.385 e. The Morgan fingerprint density at radius 3 is 3.11 bits per heavy atom. The van der Waals surface area contributed by atoms with E-state index < -0.39 is 0 Å². The zero-order valence-corrected chi connectivity index (χ0v) is 16.9. The van der Waals surface area contributed by atoms with Crippen LogP contribution in [0.4, 0.5) is 0 Å². The Morgan fingerprint density at radius 1 is 1.48 bits per heavy atom. The van der Waals surface area contributed by atoms with Crippen molar-refractivity contribution in [2.45, 2.75) is 43.8 Å². The average molecular weight is 407 g/mol. The lowest BCUT2D eigenvalue weighted by Crippen LogP contribution is -2.27. The first-order valence-corrected chi connectivity index (χ1v) is 10.8. The summed E-state index contributed by atoms with van der Waals surface area (Å²) in [5.74, 6) is 0.000337. The fourth-order valence-electron chi connectivity index (χ4n) is 3.17. The van der Waals surface area contributed by atoms with E-state index in [4.69, 9.17) is 15.0 Å². The molecule has 0 radical (unpaired) electrons. The van der Waals surface area contributed by atoms with Gasteiger partial charge in [-0.3, -0.25) is 14.2 Å². The minimum absolute atomic E-state index is 0.0112. The van der Waals surface area contributed by atoms with E-state index in [1.807, 2.05) is 6.07 Å². The molecule has 0 spiro atoms. The van der Waals surface area contributed by atoms with E-state index >= 15 is 0 Å². The van der Waals surface area contributed by atoms with E-state index in [-0.39, 0.29) is 23.6 Å². The number of fused-ring (bicyclic) bond motifs is 3. The topological polar surface area (TPSA) is 97.0 Å². The van der Waals surface area contributed by atoms with Gasteiger partial charge in [0.05, 0.1) is 23.6 Å². The number of methoxy groups -OCH3 is 1. The highest BCUT2D eigenvalue weighted by Crippen LogP contribution is 2.35. The molecule has 2 aromatic heterocycles. The van der Waals surface area contributed by atoms with Crippen LogP contribution in [0.1, 0.15) is 29.7 Å². The van der Waals surface area contributed by atoms with Crippen molar-refractivity contribution in [1.29, 1.82) is 5.26 Å². The zero-order chi connectivity index (χ0) is 19.2. The Balaban J connectivity index is 1.86. The lowest BCUT2D eigenvalue weighted by Gasteiger charge is -2.12. The third kappa shape index (κ3) is 4.51. The van der Waals surface area contributed by atoms with E-state index in [2.05, 4.69) is 5.32 Å². The summed E-state index contributed by atoms with van der Waals surface area (Å²) < 4.78 is 6.79. The van der Waals surface area contributed by atoms with Crippen LogP contribution in [0.3, 0.4) is 0 Å². The Morgan fingerprint density at radius 2 is 2.33 bits per heavy atom. The first kappa shape index (κ1) is 19.9. The maximum absolute atomic E-state index is 13.2. The molecule has 9 heteroatoms. The van der Waals surface area contributed by atoms with Gasteiger partial charge in [-0.1, -0.05) is 11.8 Å². The highest BCUT2D eigenvalue weighted by Gasteiger charge is 2.23. The summed E-state index contributed by atoms with van der Waals surface area (Å²) in [6.07, 6.45) is 4.04. The van der Waals surface area contributed by atoms with Gasteiger partial charge >= 0.3 is 0 Å². The second-order valence-electron chi connectivity index (χ2n) is 6.28. The first-order valence-electron chi connectivity index (χ1n) is 8.96. The fourth-order valence-corrected chi connectivity index (χ4v) is 5.33. The molecule has 0 bridgehead atoms. The van der Waals surface area contributed by atoms with E-state index in [1.54, 1.807) is 23.0 Å². The van der Waals surface area contributed by atoms with Gasteiger partial charge in [0.25, 0.3) is 5.56 Å². The molecule has 0 aliphatic heterocycles. The summed E-state index contributed by atoms with van der Waals surface area (Å²) >= 11 is 2.87.